The summed E-state index contributed by atoms with van der Waals surface area (Å²) in [6.45, 7) is 10.9. The van der Waals surface area contributed by atoms with Gasteiger partial charge in [-0.25, -0.2) is 4.99 Å². The van der Waals surface area contributed by atoms with E-state index >= 15 is 0 Å². The summed E-state index contributed by atoms with van der Waals surface area (Å²) >= 11 is 1.79. The first-order chi connectivity index (χ1) is 14.4. The number of nitrogens with one attached hydrogen (secondary N) is 2. The van der Waals surface area contributed by atoms with Crippen LogP contribution in [0.4, 0.5) is 0 Å². The highest BCUT2D eigenvalue weighted by molar-refractivity contribution is 7.09. The van der Waals surface area contributed by atoms with Crippen molar-refractivity contribution in [1.29, 1.82) is 0 Å². The Balaban J connectivity index is 1.60. The van der Waals surface area contributed by atoms with Crippen molar-refractivity contribution < 1.29 is 4.74 Å². The normalized spacial score (nSPS) is 20.8. The van der Waals surface area contributed by atoms with Crippen LogP contribution < -0.4 is 10.6 Å². The number of rotatable bonds is 10. The maximum atomic E-state index is 6.10. The zero-order valence-electron chi connectivity index (χ0n) is 18.9. The van der Waals surface area contributed by atoms with E-state index < -0.39 is 0 Å². The van der Waals surface area contributed by atoms with E-state index in [0.717, 1.165) is 50.0 Å². The number of aromatic nitrogens is 3. The van der Waals surface area contributed by atoms with E-state index in [9.17, 15) is 0 Å². The van der Waals surface area contributed by atoms with E-state index in [1.54, 1.807) is 11.3 Å². The second-order valence-corrected chi connectivity index (χ2v) is 9.64. The second kappa shape index (κ2) is 10.4. The lowest BCUT2D eigenvalue weighted by Gasteiger charge is -2.52. The lowest BCUT2D eigenvalue weighted by molar-refractivity contribution is -0.113. The van der Waals surface area contributed by atoms with E-state index in [2.05, 4.69) is 59.1 Å². The van der Waals surface area contributed by atoms with Gasteiger partial charge in [-0.3, -0.25) is 0 Å². The molecule has 2 N–H and O–H groups in total. The molecule has 0 saturated heterocycles. The second-order valence-electron chi connectivity index (χ2n) is 8.61. The molecule has 0 amide bonds. The maximum absolute atomic E-state index is 6.10. The Morgan fingerprint density at radius 2 is 2.23 bits per heavy atom. The Morgan fingerprint density at radius 1 is 1.40 bits per heavy atom. The smallest absolute Gasteiger partial charge is 0.191 e. The van der Waals surface area contributed by atoms with Gasteiger partial charge in [-0.15, -0.1) is 21.5 Å². The molecule has 8 heteroatoms. The molecule has 1 saturated carbocycles. The van der Waals surface area contributed by atoms with E-state index in [1.807, 2.05) is 18.5 Å². The zero-order valence-corrected chi connectivity index (χ0v) is 19.8. The van der Waals surface area contributed by atoms with Gasteiger partial charge in [0.2, 0.25) is 0 Å². The van der Waals surface area contributed by atoms with Crippen LogP contribution in [0.15, 0.2) is 22.5 Å². The Morgan fingerprint density at radius 3 is 2.87 bits per heavy atom. The van der Waals surface area contributed by atoms with Gasteiger partial charge in [-0.05, 0) is 37.6 Å². The Kier molecular flexibility index (Phi) is 7.88. The molecule has 2 unspecified atom stereocenters. The predicted octanol–water partition coefficient (Wildman–Crippen LogP) is 3.45. The van der Waals surface area contributed by atoms with Crippen LogP contribution in [0.25, 0.3) is 0 Å². The number of unbranched alkanes of at least 4 members (excludes halogenated alkanes) is 1. The van der Waals surface area contributed by atoms with Crippen LogP contribution in [0.2, 0.25) is 0 Å². The number of nitrogens with zero attached hydrogens (tertiary/aromatic N) is 4. The number of guanidine groups is 1. The van der Waals surface area contributed by atoms with E-state index in [-0.39, 0.29) is 5.41 Å². The van der Waals surface area contributed by atoms with Gasteiger partial charge in [0.1, 0.15) is 12.4 Å². The van der Waals surface area contributed by atoms with Gasteiger partial charge in [-0.1, -0.05) is 33.3 Å². The molecule has 7 nitrogen and oxygen atoms in total. The van der Waals surface area contributed by atoms with Crippen molar-refractivity contribution in [2.45, 2.75) is 72.1 Å². The minimum absolute atomic E-state index is 0.0747. The Bertz CT molecular complexity index is 814. The fourth-order valence-electron chi connectivity index (χ4n) is 3.60. The summed E-state index contributed by atoms with van der Waals surface area (Å²) in [5.74, 6) is 2.59. The van der Waals surface area contributed by atoms with Crippen molar-refractivity contribution >= 4 is 17.3 Å². The number of hydrogen-bond acceptors (Lipinski definition) is 5. The molecular formula is C22H36N6OS. The SMILES string of the molecule is CCCCOC1CC(NC(=NCc2nnc(C)n2C)NCCc2cccs2)C1(C)C. The number of thiophene rings is 1. The molecule has 1 aliphatic carbocycles. The summed E-state index contributed by atoms with van der Waals surface area (Å²) in [5.41, 5.74) is 0.0747. The number of aliphatic imine (C=N–C) groups is 1. The molecule has 0 radical (unpaired) electrons. The summed E-state index contributed by atoms with van der Waals surface area (Å²) in [5, 5.41) is 17.6. The van der Waals surface area contributed by atoms with Crippen LogP contribution in [0.1, 0.15) is 56.6 Å². The first-order valence-electron chi connectivity index (χ1n) is 11.0. The molecule has 0 bridgehead atoms. The summed E-state index contributed by atoms with van der Waals surface area (Å²) < 4.78 is 8.09. The van der Waals surface area contributed by atoms with Crippen LogP contribution >= 0.6 is 11.3 Å². The van der Waals surface area contributed by atoms with Crippen LogP contribution in [0.3, 0.4) is 0 Å². The van der Waals surface area contributed by atoms with Crippen LogP contribution in [0.5, 0.6) is 0 Å². The minimum atomic E-state index is 0.0747. The fraction of sp³-hybridized carbons (Fsp3) is 0.682. The topological polar surface area (TPSA) is 76.4 Å². The van der Waals surface area contributed by atoms with Crippen LogP contribution in [-0.2, 0) is 24.8 Å². The molecule has 30 heavy (non-hydrogen) atoms. The quantitative estimate of drug-likeness (QED) is 0.342. The largest absolute Gasteiger partial charge is 0.378 e. The average molecular weight is 433 g/mol. The van der Waals surface area contributed by atoms with Crippen LogP contribution in [-0.4, -0.2) is 46.0 Å². The highest BCUT2D eigenvalue weighted by atomic mass is 32.1. The van der Waals surface area contributed by atoms with Gasteiger partial charge in [-0.2, -0.15) is 0 Å². The molecule has 2 atom stereocenters. The lowest BCUT2D eigenvalue weighted by atomic mass is 9.64. The van der Waals surface area contributed by atoms with Crippen molar-refractivity contribution in [1.82, 2.24) is 25.4 Å². The van der Waals surface area contributed by atoms with Crippen molar-refractivity contribution in [2.75, 3.05) is 13.2 Å². The number of aryl methyl sites for hydroxylation is 1. The maximum Gasteiger partial charge on any atom is 0.191 e. The first kappa shape index (κ1) is 22.7. The summed E-state index contributed by atoms with van der Waals surface area (Å²) in [6.07, 6.45) is 4.58. The summed E-state index contributed by atoms with van der Waals surface area (Å²) in [7, 11) is 1.98. The van der Waals surface area contributed by atoms with Gasteiger partial charge >= 0.3 is 0 Å². The standard InChI is InChI=1S/C22H36N6OS/c1-6-7-12-29-19-14-18(22(19,3)4)25-21(23-11-10-17-9-8-13-30-17)24-15-20-27-26-16(2)28(20)5/h8-9,13,18-19H,6-7,10-12,14-15H2,1-5H3,(H2,23,24,25). The Labute approximate surface area is 184 Å². The van der Waals surface area contributed by atoms with Crippen molar-refractivity contribution in [3.63, 3.8) is 0 Å². The molecule has 2 heterocycles. The third kappa shape index (κ3) is 5.60. The molecule has 3 rings (SSSR count). The molecule has 0 aliphatic heterocycles. The van der Waals surface area contributed by atoms with Crippen molar-refractivity contribution in [2.24, 2.45) is 17.5 Å². The fourth-order valence-corrected chi connectivity index (χ4v) is 4.31. The highest BCUT2D eigenvalue weighted by Gasteiger charge is 2.49. The average Bonchev–Trinajstić information content (AvgIpc) is 3.35. The van der Waals surface area contributed by atoms with E-state index in [4.69, 9.17) is 9.73 Å². The molecule has 1 aliphatic rings. The van der Waals surface area contributed by atoms with Gasteiger partial charge < -0.3 is 19.9 Å². The van der Waals surface area contributed by atoms with Gasteiger partial charge in [0.15, 0.2) is 11.8 Å². The molecule has 0 spiro atoms. The highest BCUT2D eigenvalue weighted by Crippen LogP contribution is 2.42. The molecule has 166 valence electrons. The monoisotopic (exact) mass is 432 g/mol. The lowest BCUT2D eigenvalue weighted by Crippen LogP contribution is -2.63. The number of hydrogen-bond donors (Lipinski definition) is 2. The van der Waals surface area contributed by atoms with E-state index in [1.165, 1.54) is 11.3 Å². The number of ether oxygens (including phenoxy) is 1. The summed E-state index contributed by atoms with van der Waals surface area (Å²) in [6, 6.07) is 4.60. The first-order valence-corrected chi connectivity index (χ1v) is 11.8. The minimum Gasteiger partial charge on any atom is -0.378 e. The molecule has 2 aromatic heterocycles. The molecule has 2 aromatic rings. The third-order valence-corrected chi connectivity index (χ3v) is 7.05. The third-order valence-electron chi connectivity index (χ3n) is 6.11. The predicted molar refractivity (Wildman–Crippen MR) is 123 cm³/mol. The van der Waals surface area contributed by atoms with Crippen molar-refractivity contribution in [3.05, 3.63) is 34.0 Å². The van der Waals surface area contributed by atoms with Crippen molar-refractivity contribution in [3.8, 4) is 0 Å². The van der Waals surface area contributed by atoms with Crippen LogP contribution in [0, 0.1) is 12.3 Å². The molecule has 1 fully saturated rings. The molecule has 0 aromatic carbocycles. The summed E-state index contributed by atoms with van der Waals surface area (Å²) in [4.78, 5) is 6.18. The van der Waals surface area contributed by atoms with E-state index in [0.29, 0.717) is 18.7 Å². The Hall–Kier alpha value is -1.93. The van der Waals surface area contributed by atoms with Gasteiger partial charge in [0.25, 0.3) is 0 Å². The van der Waals surface area contributed by atoms with Gasteiger partial charge in [0, 0.05) is 36.5 Å². The molecular weight excluding hydrogens is 396 g/mol. The zero-order chi connectivity index (χ0) is 21.6. The van der Waals surface area contributed by atoms with Gasteiger partial charge in [0.05, 0.1) is 6.10 Å².